The first-order valence-corrected chi connectivity index (χ1v) is 9.32. The van der Waals surface area contributed by atoms with Crippen LogP contribution in [0.2, 0.25) is 0 Å². The molecule has 128 valence electrons. The topological polar surface area (TPSA) is 69.7 Å². The van der Waals surface area contributed by atoms with Gasteiger partial charge in [0, 0.05) is 6.04 Å². The van der Waals surface area contributed by atoms with Crippen molar-refractivity contribution in [1.82, 2.24) is 10.2 Å². The molecule has 0 saturated carbocycles. The zero-order chi connectivity index (χ0) is 17.0. The van der Waals surface area contributed by atoms with E-state index in [1.165, 1.54) is 18.2 Å². The number of carbonyl (C=O) groups excluding carboxylic acids is 1. The Morgan fingerprint density at radius 2 is 2.04 bits per heavy atom. The van der Waals surface area contributed by atoms with Gasteiger partial charge in [-0.05, 0) is 51.2 Å². The molecule has 1 aromatic rings. The molecule has 8 heteroatoms. The molecule has 1 heterocycles. The van der Waals surface area contributed by atoms with Gasteiger partial charge in [0.25, 0.3) is 0 Å². The van der Waals surface area contributed by atoms with E-state index in [-0.39, 0.29) is 24.2 Å². The van der Waals surface area contributed by atoms with E-state index in [2.05, 4.69) is 10.2 Å². The number of rotatable bonds is 5. The van der Waals surface area contributed by atoms with Crippen LogP contribution in [-0.2, 0) is 14.8 Å². The third kappa shape index (κ3) is 5.18. The smallest absolute Gasteiger partial charge is 0.240 e. The molecule has 0 aromatic heterocycles. The van der Waals surface area contributed by atoms with Gasteiger partial charge in [-0.25, -0.2) is 12.8 Å². The molecule has 1 N–H and O–H groups in total. The zero-order valence-electron chi connectivity index (χ0n) is 13.3. The number of carbonyl (C=O) groups is 1. The summed E-state index contributed by atoms with van der Waals surface area (Å²) < 4.78 is 38.1. The molecule has 0 atom stereocenters. The summed E-state index contributed by atoms with van der Waals surface area (Å²) in [7, 11) is -1.66. The number of benzene rings is 1. The lowest BCUT2D eigenvalue weighted by atomic mass is 10.1. The number of hydrogen-bond acceptors (Lipinski definition) is 4. The second-order valence-corrected chi connectivity index (χ2v) is 7.80. The molecule has 1 saturated heterocycles. The number of amides is 1. The van der Waals surface area contributed by atoms with Crippen molar-refractivity contribution in [2.24, 2.45) is 0 Å². The van der Waals surface area contributed by atoms with Crippen molar-refractivity contribution in [3.63, 3.8) is 0 Å². The first-order chi connectivity index (χ1) is 10.8. The highest BCUT2D eigenvalue weighted by Gasteiger charge is 2.24. The van der Waals surface area contributed by atoms with E-state index in [0.717, 1.165) is 42.6 Å². The normalized spacial score (nSPS) is 17.0. The van der Waals surface area contributed by atoms with Crippen LogP contribution in [0.1, 0.15) is 12.8 Å². The van der Waals surface area contributed by atoms with Gasteiger partial charge in [0.15, 0.2) is 0 Å². The van der Waals surface area contributed by atoms with Gasteiger partial charge in [0.05, 0.1) is 11.9 Å². The van der Waals surface area contributed by atoms with Crippen LogP contribution in [0.4, 0.5) is 10.1 Å². The largest absolute Gasteiger partial charge is 0.352 e. The van der Waals surface area contributed by atoms with Crippen molar-refractivity contribution in [1.29, 1.82) is 0 Å². The number of likely N-dealkylation sites (tertiary alicyclic amines) is 1. The van der Waals surface area contributed by atoms with Crippen LogP contribution in [0.15, 0.2) is 24.3 Å². The number of halogens is 1. The predicted octanol–water partition coefficient (Wildman–Crippen LogP) is 0.802. The summed E-state index contributed by atoms with van der Waals surface area (Å²) in [5.74, 6) is -0.930. The Kier molecular flexibility index (Phi) is 5.59. The molecule has 0 bridgehead atoms. The third-order valence-corrected chi connectivity index (χ3v) is 5.01. The molecule has 0 aliphatic carbocycles. The molecular formula is C15H22FN3O3S. The van der Waals surface area contributed by atoms with Gasteiger partial charge in [-0.15, -0.1) is 0 Å². The molecule has 0 unspecified atom stereocenters. The number of piperidine rings is 1. The van der Waals surface area contributed by atoms with Crippen LogP contribution in [0, 0.1) is 5.82 Å². The maximum Gasteiger partial charge on any atom is 0.240 e. The number of nitrogens with zero attached hydrogens (tertiary/aromatic N) is 2. The van der Waals surface area contributed by atoms with Gasteiger partial charge < -0.3 is 10.2 Å². The fraction of sp³-hybridized carbons (Fsp3) is 0.533. The van der Waals surface area contributed by atoms with Gasteiger partial charge in [0.1, 0.15) is 12.4 Å². The second kappa shape index (κ2) is 7.27. The maximum absolute atomic E-state index is 13.3. The number of hydrogen-bond donors (Lipinski definition) is 1. The van der Waals surface area contributed by atoms with Crippen molar-refractivity contribution in [2.75, 3.05) is 37.2 Å². The molecular weight excluding hydrogens is 321 g/mol. The summed E-state index contributed by atoms with van der Waals surface area (Å²) in [5.41, 5.74) is 0.144. The van der Waals surface area contributed by atoms with Crippen molar-refractivity contribution in [3.8, 4) is 0 Å². The van der Waals surface area contributed by atoms with Crippen LogP contribution >= 0.6 is 0 Å². The number of anilines is 1. The fourth-order valence-electron chi connectivity index (χ4n) is 2.59. The summed E-state index contributed by atoms with van der Waals surface area (Å²) in [6, 6.07) is 5.25. The average molecular weight is 343 g/mol. The van der Waals surface area contributed by atoms with Crippen LogP contribution < -0.4 is 9.62 Å². The van der Waals surface area contributed by atoms with Gasteiger partial charge in [-0.3, -0.25) is 9.10 Å². The number of sulfonamides is 1. The fourth-order valence-corrected chi connectivity index (χ4v) is 3.44. The summed E-state index contributed by atoms with van der Waals surface area (Å²) in [5, 5.41) is 2.86. The first kappa shape index (κ1) is 17.7. The van der Waals surface area contributed by atoms with Crippen molar-refractivity contribution in [2.45, 2.75) is 18.9 Å². The van der Waals surface area contributed by atoms with E-state index >= 15 is 0 Å². The first-order valence-electron chi connectivity index (χ1n) is 7.47. The van der Waals surface area contributed by atoms with E-state index in [0.29, 0.717) is 0 Å². The van der Waals surface area contributed by atoms with Crippen molar-refractivity contribution < 1.29 is 17.6 Å². The van der Waals surface area contributed by atoms with Crippen molar-refractivity contribution in [3.05, 3.63) is 30.1 Å². The molecule has 1 aromatic carbocycles. The summed E-state index contributed by atoms with van der Waals surface area (Å²) in [6.07, 6.45) is 2.67. The minimum Gasteiger partial charge on any atom is -0.352 e. The Morgan fingerprint density at radius 1 is 1.39 bits per heavy atom. The molecule has 2 rings (SSSR count). The Labute approximate surface area is 136 Å². The lowest BCUT2D eigenvalue weighted by Gasteiger charge is -2.30. The van der Waals surface area contributed by atoms with Crippen LogP contribution in [-0.4, -0.2) is 58.2 Å². The van der Waals surface area contributed by atoms with Gasteiger partial charge in [0.2, 0.25) is 15.9 Å². The van der Waals surface area contributed by atoms with Gasteiger partial charge in [-0.1, -0.05) is 6.07 Å². The van der Waals surface area contributed by atoms with E-state index < -0.39 is 15.8 Å². The lowest BCUT2D eigenvalue weighted by molar-refractivity contribution is -0.120. The predicted molar refractivity (Wildman–Crippen MR) is 87.3 cm³/mol. The van der Waals surface area contributed by atoms with Gasteiger partial charge >= 0.3 is 0 Å². The van der Waals surface area contributed by atoms with Gasteiger partial charge in [-0.2, -0.15) is 0 Å². The van der Waals surface area contributed by atoms with Crippen LogP contribution in [0.5, 0.6) is 0 Å². The third-order valence-electron chi connectivity index (χ3n) is 3.87. The Bertz CT molecular complexity index is 658. The van der Waals surface area contributed by atoms with E-state index in [1.807, 2.05) is 7.05 Å². The van der Waals surface area contributed by atoms with E-state index in [1.54, 1.807) is 0 Å². The molecule has 0 spiro atoms. The van der Waals surface area contributed by atoms with E-state index in [9.17, 15) is 17.6 Å². The monoisotopic (exact) mass is 343 g/mol. The zero-order valence-corrected chi connectivity index (χ0v) is 14.1. The highest BCUT2D eigenvalue weighted by atomic mass is 32.2. The minimum atomic E-state index is -3.68. The van der Waals surface area contributed by atoms with E-state index in [4.69, 9.17) is 0 Å². The Hall–Kier alpha value is -1.67. The Balaban J connectivity index is 2.05. The maximum atomic E-state index is 13.3. The number of nitrogens with one attached hydrogen (secondary N) is 1. The van der Waals surface area contributed by atoms with Crippen LogP contribution in [0.3, 0.4) is 0 Å². The molecule has 23 heavy (non-hydrogen) atoms. The molecule has 1 amide bonds. The minimum absolute atomic E-state index is 0.0487. The standard InChI is InChI=1S/C15H22FN3O3S/c1-18-8-6-13(7-9-18)17-15(20)11-19(23(2,21)22)14-5-3-4-12(16)10-14/h3-5,10,13H,6-9,11H2,1-2H3,(H,17,20). The SMILES string of the molecule is CN1CCC(NC(=O)CN(c2cccc(F)c2)S(C)(=O)=O)CC1. The summed E-state index contributed by atoms with van der Waals surface area (Å²) >= 11 is 0. The quantitative estimate of drug-likeness (QED) is 0.859. The molecule has 0 radical (unpaired) electrons. The van der Waals surface area contributed by atoms with Crippen LogP contribution in [0.25, 0.3) is 0 Å². The summed E-state index contributed by atoms with van der Waals surface area (Å²) in [4.78, 5) is 14.4. The molecule has 1 aliphatic heterocycles. The highest BCUT2D eigenvalue weighted by Crippen LogP contribution is 2.18. The average Bonchev–Trinajstić information content (AvgIpc) is 2.46. The summed E-state index contributed by atoms with van der Waals surface area (Å²) in [6.45, 7) is 1.43. The molecule has 1 fully saturated rings. The van der Waals surface area contributed by atoms with Crippen molar-refractivity contribution >= 4 is 21.6 Å². The Morgan fingerprint density at radius 3 is 2.61 bits per heavy atom. The molecule has 1 aliphatic rings. The lowest BCUT2D eigenvalue weighted by Crippen LogP contribution is -2.47. The second-order valence-electron chi connectivity index (χ2n) is 5.89. The highest BCUT2D eigenvalue weighted by molar-refractivity contribution is 7.92. The molecule has 6 nitrogen and oxygen atoms in total.